The van der Waals surface area contributed by atoms with Crippen molar-refractivity contribution in [2.45, 2.75) is 13.2 Å². The summed E-state index contributed by atoms with van der Waals surface area (Å²) in [5, 5.41) is 3.84. The van der Waals surface area contributed by atoms with E-state index in [1.165, 1.54) is 0 Å². The van der Waals surface area contributed by atoms with Crippen LogP contribution in [0.2, 0.25) is 5.02 Å². The summed E-state index contributed by atoms with van der Waals surface area (Å²) < 4.78 is 7.84. The third-order valence-electron chi connectivity index (χ3n) is 3.22. The van der Waals surface area contributed by atoms with Gasteiger partial charge in [0.2, 0.25) is 0 Å². The van der Waals surface area contributed by atoms with Crippen LogP contribution in [0.25, 0.3) is 5.52 Å². The van der Waals surface area contributed by atoms with Crippen LogP contribution in [0, 0.1) is 0 Å². The van der Waals surface area contributed by atoms with Crippen molar-refractivity contribution in [3.05, 3.63) is 65.2 Å². The van der Waals surface area contributed by atoms with Crippen LogP contribution < -0.4 is 10.1 Å². The van der Waals surface area contributed by atoms with Gasteiger partial charge < -0.3 is 14.5 Å². The van der Waals surface area contributed by atoms with Gasteiger partial charge in [-0.1, -0.05) is 17.7 Å². The highest BCUT2D eigenvalue weighted by Gasteiger charge is 2.10. The summed E-state index contributed by atoms with van der Waals surface area (Å²) in [5.41, 5.74) is 2.12. The van der Waals surface area contributed by atoms with E-state index in [1.54, 1.807) is 0 Å². The first-order valence-electron chi connectivity index (χ1n) is 6.76. The van der Waals surface area contributed by atoms with Crippen LogP contribution in [0.5, 0.6) is 5.75 Å². The molecule has 5 heteroatoms. The Morgan fingerprint density at radius 1 is 1.19 bits per heavy atom. The quantitative estimate of drug-likeness (QED) is 0.786. The van der Waals surface area contributed by atoms with Crippen LogP contribution in [0.15, 0.2) is 48.7 Å². The van der Waals surface area contributed by atoms with Crippen molar-refractivity contribution in [3.63, 3.8) is 0 Å². The van der Waals surface area contributed by atoms with Gasteiger partial charge in [-0.05, 0) is 43.4 Å². The lowest BCUT2D eigenvalue weighted by molar-refractivity contribution is 0.295. The molecule has 1 aromatic carbocycles. The molecule has 3 aromatic rings. The number of fused-ring (bicyclic) bond motifs is 1. The van der Waals surface area contributed by atoms with Gasteiger partial charge in [0.15, 0.2) is 5.82 Å². The van der Waals surface area contributed by atoms with Gasteiger partial charge in [-0.15, -0.1) is 0 Å². The van der Waals surface area contributed by atoms with Crippen LogP contribution >= 0.6 is 11.6 Å². The standard InChI is InChI=1S/C16H16ClN3O/c1-18-10-14-15-4-2-3-9-20(15)16(19-14)11-21-13-7-5-12(17)6-8-13/h2-9,18H,10-11H2,1H3. The van der Waals surface area contributed by atoms with E-state index in [0.717, 1.165) is 29.3 Å². The van der Waals surface area contributed by atoms with E-state index < -0.39 is 0 Å². The van der Waals surface area contributed by atoms with Gasteiger partial charge in [0, 0.05) is 17.8 Å². The Morgan fingerprint density at radius 3 is 2.76 bits per heavy atom. The number of hydrogen-bond donors (Lipinski definition) is 1. The van der Waals surface area contributed by atoms with E-state index >= 15 is 0 Å². The van der Waals surface area contributed by atoms with E-state index in [2.05, 4.69) is 20.8 Å². The number of rotatable bonds is 5. The lowest BCUT2D eigenvalue weighted by atomic mass is 10.3. The molecule has 0 saturated carbocycles. The molecule has 3 rings (SSSR count). The maximum absolute atomic E-state index is 5.87. The third-order valence-corrected chi connectivity index (χ3v) is 3.48. The molecule has 2 heterocycles. The second-order valence-electron chi connectivity index (χ2n) is 4.70. The van der Waals surface area contributed by atoms with Crippen LogP contribution in [0.3, 0.4) is 0 Å². The monoisotopic (exact) mass is 301 g/mol. The van der Waals surface area contributed by atoms with Gasteiger partial charge in [-0.25, -0.2) is 4.98 Å². The summed E-state index contributed by atoms with van der Waals surface area (Å²) in [6.07, 6.45) is 2.00. The van der Waals surface area contributed by atoms with E-state index in [1.807, 2.05) is 49.6 Å². The number of benzene rings is 1. The SMILES string of the molecule is CNCc1nc(COc2ccc(Cl)cc2)n2ccccc12. The van der Waals surface area contributed by atoms with Gasteiger partial charge in [0.25, 0.3) is 0 Å². The summed E-state index contributed by atoms with van der Waals surface area (Å²) in [4.78, 5) is 4.66. The smallest absolute Gasteiger partial charge is 0.151 e. The Balaban J connectivity index is 1.84. The first kappa shape index (κ1) is 13.9. The molecule has 0 spiro atoms. The molecule has 0 unspecified atom stereocenters. The number of nitrogens with zero attached hydrogens (tertiary/aromatic N) is 2. The lowest BCUT2D eigenvalue weighted by Gasteiger charge is -2.05. The average molecular weight is 302 g/mol. The minimum atomic E-state index is 0.413. The summed E-state index contributed by atoms with van der Waals surface area (Å²) in [5.74, 6) is 1.66. The lowest BCUT2D eigenvalue weighted by Crippen LogP contribution is -2.06. The minimum absolute atomic E-state index is 0.413. The fraction of sp³-hybridized carbons (Fsp3) is 0.188. The topological polar surface area (TPSA) is 38.6 Å². The molecule has 0 bridgehead atoms. The predicted octanol–water partition coefficient (Wildman–Crippen LogP) is 3.29. The molecule has 0 radical (unpaired) electrons. The number of imidazole rings is 1. The molecular formula is C16H16ClN3O. The van der Waals surface area contributed by atoms with Crippen LogP contribution in [0.4, 0.5) is 0 Å². The Bertz CT molecular complexity index is 737. The Labute approximate surface area is 128 Å². The molecule has 0 aliphatic rings. The molecule has 0 saturated heterocycles. The molecule has 108 valence electrons. The van der Waals surface area contributed by atoms with Gasteiger partial charge in [-0.2, -0.15) is 0 Å². The summed E-state index contributed by atoms with van der Waals surface area (Å²) in [6, 6.07) is 13.4. The van der Waals surface area contributed by atoms with Crippen molar-refractivity contribution in [1.82, 2.24) is 14.7 Å². The number of pyridine rings is 1. The van der Waals surface area contributed by atoms with Crippen molar-refractivity contribution < 1.29 is 4.74 Å². The molecular weight excluding hydrogens is 286 g/mol. The summed E-state index contributed by atoms with van der Waals surface area (Å²) >= 11 is 5.87. The highest BCUT2D eigenvalue weighted by molar-refractivity contribution is 6.30. The maximum atomic E-state index is 5.87. The second-order valence-corrected chi connectivity index (χ2v) is 5.14. The van der Waals surface area contributed by atoms with Gasteiger partial charge in [-0.3, -0.25) is 0 Å². The first-order valence-corrected chi connectivity index (χ1v) is 7.13. The van der Waals surface area contributed by atoms with Crippen molar-refractivity contribution in [1.29, 1.82) is 0 Å². The Morgan fingerprint density at radius 2 is 2.00 bits per heavy atom. The third kappa shape index (κ3) is 3.01. The molecule has 0 atom stereocenters. The van der Waals surface area contributed by atoms with Crippen molar-refractivity contribution in [3.8, 4) is 5.75 Å². The number of hydrogen-bond acceptors (Lipinski definition) is 3. The molecule has 1 N–H and O–H groups in total. The molecule has 0 aliphatic heterocycles. The van der Waals surface area contributed by atoms with E-state index in [9.17, 15) is 0 Å². The number of ether oxygens (including phenoxy) is 1. The highest BCUT2D eigenvalue weighted by atomic mass is 35.5. The van der Waals surface area contributed by atoms with E-state index in [0.29, 0.717) is 11.6 Å². The molecule has 2 aromatic heterocycles. The molecule has 0 aliphatic carbocycles. The van der Waals surface area contributed by atoms with Crippen LogP contribution in [0.1, 0.15) is 11.5 Å². The maximum Gasteiger partial charge on any atom is 0.151 e. The Hall–Kier alpha value is -2.04. The summed E-state index contributed by atoms with van der Waals surface area (Å²) in [6.45, 7) is 1.14. The largest absolute Gasteiger partial charge is 0.486 e. The Kier molecular flexibility index (Phi) is 4.08. The zero-order valence-corrected chi connectivity index (χ0v) is 12.5. The first-order chi connectivity index (χ1) is 10.3. The second kappa shape index (κ2) is 6.16. The zero-order chi connectivity index (χ0) is 14.7. The number of aromatic nitrogens is 2. The zero-order valence-electron chi connectivity index (χ0n) is 11.7. The van der Waals surface area contributed by atoms with E-state index in [-0.39, 0.29) is 0 Å². The van der Waals surface area contributed by atoms with Crippen molar-refractivity contribution >= 4 is 17.1 Å². The highest BCUT2D eigenvalue weighted by Crippen LogP contribution is 2.18. The fourth-order valence-corrected chi connectivity index (χ4v) is 2.37. The van der Waals surface area contributed by atoms with Crippen molar-refractivity contribution in [2.75, 3.05) is 7.05 Å². The van der Waals surface area contributed by atoms with Crippen LogP contribution in [-0.2, 0) is 13.2 Å². The molecule has 21 heavy (non-hydrogen) atoms. The fourth-order valence-electron chi connectivity index (χ4n) is 2.25. The predicted molar refractivity (Wildman–Crippen MR) is 83.7 cm³/mol. The van der Waals surface area contributed by atoms with E-state index in [4.69, 9.17) is 16.3 Å². The molecule has 0 amide bonds. The summed E-state index contributed by atoms with van der Waals surface area (Å²) in [7, 11) is 1.91. The van der Waals surface area contributed by atoms with Gasteiger partial charge >= 0.3 is 0 Å². The minimum Gasteiger partial charge on any atom is -0.486 e. The molecule has 0 fully saturated rings. The number of halogens is 1. The number of nitrogens with one attached hydrogen (secondary N) is 1. The molecule has 4 nitrogen and oxygen atoms in total. The van der Waals surface area contributed by atoms with Gasteiger partial charge in [0.1, 0.15) is 12.4 Å². The van der Waals surface area contributed by atoms with Gasteiger partial charge in [0.05, 0.1) is 11.2 Å². The average Bonchev–Trinajstić information content (AvgIpc) is 2.86. The van der Waals surface area contributed by atoms with Crippen molar-refractivity contribution in [2.24, 2.45) is 0 Å². The van der Waals surface area contributed by atoms with Crippen LogP contribution in [-0.4, -0.2) is 16.4 Å². The normalized spacial score (nSPS) is 11.0.